The highest BCUT2D eigenvalue weighted by Crippen LogP contribution is 2.31. The smallest absolute Gasteiger partial charge is 0.238 e. The Morgan fingerprint density at radius 3 is 2.22 bits per heavy atom. The van der Waals surface area contributed by atoms with Crippen LogP contribution in [0.25, 0.3) is 0 Å². The highest BCUT2D eigenvalue weighted by molar-refractivity contribution is 6.21. The van der Waals surface area contributed by atoms with Crippen molar-refractivity contribution in [3.05, 3.63) is 66.2 Å². The average molecular weight is 307 g/mol. The summed E-state index contributed by atoms with van der Waals surface area (Å²) in [5, 5.41) is 0. The number of carbonyl (C=O) groups excluding carboxylic acids is 3. The third-order valence-corrected chi connectivity index (χ3v) is 4.20. The Morgan fingerprint density at radius 2 is 1.61 bits per heavy atom. The van der Waals surface area contributed by atoms with E-state index >= 15 is 0 Å². The summed E-state index contributed by atoms with van der Waals surface area (Å²) in [5.41, 5.74) is 1.55. The third-order valence-electron chi connectivity index (χ3n) is 4.20. The first kappa shape index (κ1) is 15.2. The van der Waals surface area contributed by atoms with E-state index in [-0.39, 0.29) is 18.2 Å². The van der Waals surface area contributed by atoms with Crippen LogP contribution in [0.2, 0.25) is 0 Å². The minimum Gasteiger partial charge on any atom is -0.303 e. The van der Waals surface area contributed by atoms with Crippen LogP contribution in [-0.2, 0) is 20.8 Å². The molecule has 0 aromatic heterocycles. The molecule has 2 atom stereocenters. The van der Waals surface area contributed by atoms with Crippen molar-refractivity contribution in [2.75, 3.05) is 4.90 Å². The lowest BCUT2D eigenvalue weighted by Crippen LogP contribution is -2.33. The average Bonchev–Trinajstić information content (AvgIpc) is 2.89. The monoisotopic (exact) mass is 307 g/mol. The van der Waals surface area contributed by atoms with Crippen LogP contribution in [0.15, 0.2) is 60.7 Å². The van der Waals surface area contributed by atoms with E-state index in [0.717, 1.165) is 11.8 Å². The zero-order valence-electron chi connectivity index (χ0n) is 12.6. The fraction of sp³-hybridized carbons (Fsp3) is 0.211. The largest absolute Gasteiger partial charge is 0.303 e. The van der Waals surface area contributed by atoms with Gasteiger partial charge in [-0.1, -0.05) is 48.5 Å². The predicted molar refractivity (Wildman–Crippen MR) is 86.7 cm³/mol. The van der Waals surface area contributed by atoms with E-state index < -0.39 is 11.8 Å². The second kappa shape index (κ2) is 6.57. The number of hydrogen-bond acceptors (Lipinski definition) is 3. The van der Waals surface area contributed by atoms with Crippen molar-refractivity contribution in [1.82, 2.24) is 0 Å². The number of amides is 2. The molecule has 1 unspecified atom stereocenters. The van der Waals surface area contributed by atoms with Gasteiger partial charge in [-0.25, -0.2) is 0 Å². The molecule has 4 heteroatoms. The topological polar surface area (TPSA) is 54.5 Å². The van der Waals surface area contributed by atoms with Gasteiger partial charge < -0.3 is 4.79 Å². The van der Waals surface area contributed by atoms with E-state index in [1.54, 1.807) is 24.3 Å². The summed E-state index contributed by atoms with van der Waals surface area (Å²) in [4.78, 5) is 37.6. The van der Waals surface area contributed by atoms with E-state index in [0.29, 0.717) is 12.1 Å². The number of nitrogens with zero attached hydrogens (tertiary/aromatic N) is 1. The lowest BCUT2D eigenvalue weighted by atomic mass is 9.87. The van der Waals surface area contributed by atoms with Crippen LogP contribution in [0, 0.1) is 11.8 Å². The quantitative estimate of drug-likeness (QED) is 0.630. The highest BCUT2D eigenvalue weighted by Gasteiger charge is 2.43. The molecule has 23 heavy (non-hydrogen) atoms. The van der Waals surface area contributed by atoms with E-state index in [4.69, 9.17) is 0 Å². The second-order valence-corrected chi connectivity index (χ2v) is 5.70. The number of aldehydes is 1. The molecule has 1 heterocycles. The summed E-state index contributed by atoms with van der Waals surface area (Å²) in [5.74, 6) is -1.59. The van der Waals surface area contributed by atoms with Crippen LogP contribution in [-0.4, -0.2) is 18.1 Å². The van der Waals surface area contributed by atoms with E-state index in [1.165, 1.54) is 4.90 Å². The van der Waals surface area contributed by atoms with Crippen LogP contribution in [0.4, 0.5) is 5.69 Å². The van der Waals surface area contributed by atoms with E-state index in [2.05, 4.69) is 0 Å². The standard InChI is InChI=1S/C19H17NO3/c21-13-15(11-14-7-3-1-4-8-14)17-12-18(22)20(19(17)23)16-9-5-2-6-10-16/h1-10,13,15,17H,11-12H2/t15-,17?/m1/s1. The molecule has 1 aliphatic heterocycles. The Hall–Kier alpha value is -2.75. The number of anilines is 1. The van der Waals surface area contributed by atoms with Crippen molar-refractivity contribution in [2.24, 2.45) is 11.8 Å². The number of para-hydroxylation sites is 1. The van der Waals surface area contributed by atoms with E-state index in [9.17, 15) is 14.4 Å². The Bertz CT molecular complexity index is 712. The minimum atomic E-state index is -0.583. The summed E-state index contributed by atoms with van der Waals surface area (Å²) in [6.07, 6.45) is 1.36. The summed E-state index contributed by atoms with van der Waals surface area (Å²) in [6, 6.07) is 18.4. The van der Waals surface area contributed by atoms with Gasteiger partial charge in [0.1, 0.15) is 6.29 Å². The molecular weight excluding hydrogens is 290 g/mol. The van der Waals surface area contributed by atoms with Crippen LogP contribution in [0.3, 0.4) is 0 Å². The first-order chi connectivity index (χ1) is 11.2. The highest BCUT2D eigenvalue weighted by atomic mass is 16.2. The molecule has 0 saturated carbocycles. The summed E-state index contributed by atoms with van der Waals surface area (Å²) in [6.45, 7) is 0. The maximum atomic E-state index is 12.7. The van der Waals surface area contributed by atoms with Crippen LogP contribution >= 0.6 is 0 Å². The number of carbonyl (C=O) groups is 3. The maximum absolute atomic E-state index is 12.7. The molecule has 0 radical (unpaired) electrons. The van der Waals surface area contributed by atoms with Crippen LogP contribution in [0.5, 0.6) is 0 Å². The molecular formula is C19H17NO3. The van der Waals surface area contributed by atoms with Gasteiger partial charge in [0.05, 0.1) is 11.6 Å². The van der Waals surface area contributed by atoms with Gasteiger partial charge in [0.15, 0.2) is 0 Å². The first-order valence-corrected chi connectivity index (χ1v) is 7.62. The lowest BCUT2D eigenvalue weighted by Gasteiger charge is -2.18. The molecule has 0 bridgehead atoms. The summed E-state index contributed by atoms with van der Waals surface area (Å²) < 4.78 is 0. The maximum Gasteiger partial charge on any atom is 0.238 e. The van der Waals surface area contributed by atoms with Crippen molar-refractivity contribution < 1.29 is 14.4 Å². The fourth-order valence-electron chi connectivity index (χ4n) is 3.01. The van der Waals surface area contributed by atoms with Crippen LogP contribution in [0.1, 0.15) is 12.0 Å². The zero-order valence-corrected chi connectivity index (χ0v) is 12.6. The molecule has 4 nitrogen and oxygen atoms in total. The van der Waals surface area contributed by atoms with Crippen molar-refractivity contribution in [3.63, 3.8) is 0 Å². The van der Waals surface area contributed by atoms with Crippen molar-refractivity contribution in [1.29, 1.82) is 0 Å². The minimum absolute atomic E-state index is 0.0873. The number of hydrogen-bond donors (Lipinski definition) is 0. The van der Waals surface area contributed by atoms with Gasteiger partial charge in [0.2, 0.25) is 11.8 Å². The van der Waals surface area contributed by atoms with Crippen molar-refractivity contribution >= 4 is 23.8 Å². The predicted octanol–water partition coefficient (Wildman–Crippen LogP) is 2.62. The molecule has 3 rings (SSSR count). The van der Waals surface area contributed by atoms with Gasteiger partial charge in [-0.15, -0.1) is 0 Å². The number of imide groups is 1. The molecule has 0 spiro atoms. The second-order valence-electron chi connectivity index (χ2n) is 5.70. The molecule has 2 amide bonds. The molecule has 0 N–H and O–H groups in total. The fourth-order valence-corrected chi connectivity index (χ4v) is 3.01. The lowest BCUT2D eigenvalue weighted by molar-refractivity contribution is -0.125. The van der Waals surface area contributed by atoms with Crippen molar-refractivity contribution in [3.8, 4) is 0 Å². The summed E-state index contributed by atoms with van der Waals surface area (Å²) >= 11 is 0. The molecule has 2 aromatic carbocycles. The normalized spacial score (nSPS) is 19.0. The number of rotatable bonds is 5. The Kier molecular flexibility index (Phi) is 4.33. The van der Waals surface area contributed by atoms with Crippen LogP contribution < -0.4 is 4.90 Å². The Morgan fingerprint density at radius 1 is 1.00 bits per heavy atom. The third kappa shape index (κ3) is 3.06. The van der Waals surface area contributed by atoms with Gasteiger partial charge in [0, 0.05) is 12.3 Å². The SMILES string of the molecule is O=C[C@@H](Cc1ccccc1)C1CC(=O)N(c2ccccc2)C1=O. The Labute approximate surface area is 134 Å². The van der Waals surface area contributed by atoms with Gasteiger partial charge in [-0.3, -0.25) is 14.5 Å². The molecule has 0 aliphatic carbocycles. The zero-order chi connectivity index (χ0) is 16.2. The van der Waals surface area contributed by atoms with Gasteiger partial charge in [-0.05, 0) is 24.1 Å². The molecule has 1 saturated heterocycles. The van der Waals surface area contributed by atoms with Crippen molar-refractivity contribution in [2.45, 2.75) is 12.8 Å². The molecule has 116 valence electrons. The van der Waals surface area contributed by atoms with E-state index in [1.807, 2.05) is 36.4 Å². The Balaban J connectivity index is 1.81. The molecule has 1 aliphatic rings. The number of benzene rings is 2. The first-order valence-electron chi connectivity index (χ1n) is 7.62. The van der Waals surface area contributed by atoms with Gasteiger partial charge >= 0.3 is 0 Å². The van der Waals surface area contributed by atoms with Gasteiger partial charge in [-0.2, -0.15) is 0 Å². The molecule has 1 fully saturated rings. The van der Waals surface area contributed by atoms with Gasteiger partial charge in [0.25, 0.3) is 0 Å². The summed E-state index contributed by atoms with van der Waals surface area (Å²) in [7, 11) is 0. The molecule has 2 aromatic rings.